The highest BCUT2D eigenvalue weighted by Gasteiger charge is 2.24. The van der Waals surface area contributed by atoms with Crippen LogP contribution in [-0.4, -0.2) is 26.7 Å². The minimum absolute atomic E-state index is 0.216. The van der Waals surface area contributed by atoms with Gasteiger partial charge in [0.25, 0.3) is 5.91 Å². The van der Waals surface area contributed by atoms with Gasteiger partial charge in [-0.1, -0.05) is 18.2 Å². The summed E-state index contributed by atoms with van der Waals surface area (Å²) in [7, 11) is 0. The number of nitrogens with zero attached hydrogens (tertiary/aromatic N) is 3. The molecule has 1 aliphatic carbocycles. The average molecular weight is 386 g/mol. The van der Waals surface area contributed by atoms with Gasteiger partial charge in [-0.05, 0) is 55.7 Å². The number of para-hydroxylation sites is 1. The highest BCUT2D eigenvalue weighted by atomic mass is 19.1. The smallest absolute Gasteiger partial charge is 0.251 e. The Kier molecular flexibility index (Phi) is 4.12. The predicted octanol–water partition coefficient (Wildman–Crippen LogP) is 4.43. The van der Waals surface area contributed by atoms with E-state index in [-0.39, 0.29) is 11.9 Å². The van der Waals surface area contributed by atoms with E-state index in [0.29, 0.717) is 22.4 Å². The molecule has 5 nitrogen and oxygen atoms in total. The monoisotopic (exact) mass is 386 g/mol. The van der Waals surface area contributed by atoms with E-state index in [2.05, 4.69) is 15.4 Å². The Morgan fingerprint density at radius 1 is 1.14 bits per heavy atom. The lowest BCUT2D eigenvalue weighted by atomic mass is 10.00. The number of hydrogen-bond acceptors (Lipinski definition) is 3. The minimum atomic E-state index is -0.412. The van der Waals surface area contributed by atoms with Gasteiger partial charge in [0, 0.05) is 22.6 Å². The minimum Gasteiger partial charge on any atom is -0.349 e. The first-order valence-electron chi connectivity index (χ1n) is 9.61. The van der Waals surface area contributed by atoms with E-state index >= 15 is 0 Å². The van der Waals surface area contributed by atoms with Gasteiger partial charge in [-0.25, -0.2) is 9.07 Å². The van der Waals surface area contributed by atoms with E-state index in [9.17, 15) is 9.18 Å². The molecule has 144 valence electrons. The summed E-state index contributed by atoms with van der Waals surface area (Å²) in [4.78, 5) is 17.0. The largest absolute Gasteiger partial charge is 0.349 e. The quantitative estimate of drug-likeness (QED) is 0.565. The van der Waals surface area contributed by atoms with Crippen LogP contribution in [0.1, 0.15) is 28.8 Å². The van der Waals surface area contributed by atoms with Gasteiger partial charge in [0.2, 0.25) is 0 Å². The summed E-state index contributed by atoms with van der Waals surface area (Å²) >= 11 is 0. The topological polar surface area (TPSA) is 59.8 Å². The summed E-state index contributed by atoms with van der Waals surface area (Å²) in [5, 5.41) is 8.27. The second-order valence-electron chi connectivity index (χ2n) is 7.40. The van der Waals surface area contributed by atoms with Gasteiger partial charge in [-0.3, -0.25) is 9.78 Å². The molecule has 1 amide bonds. The number of rotatable bonds is 4. The standard InChI is InChI=1S/C23H19FN4O/c1-14-19(9-15(10-20(14)24)23(29)27-17-7-8-17)21-11-16-12-26-28(22(16)13-25-21)18-5-3-2-4-6-18/h2-6,9-13,17H,7-8H2,1H3,(H,27,29). The number of hydrogen-bond donors (Lipinski definition) is 1. The first-order valence-corrected chi connectivity index (χ1v) is 9.61. The number of amides is 1. The first-order chi connectivity index (χ1) is 14.1. The van der Waals surface area contributed by atoms with Crippen molar-refractivity contribution in [1.82, 2.24) is 20.1 Å². The SMILES string of the molecule is Cc1c(F)cc(C(=O)NC2CC2)cc1-c1cc2cnn(-c3ccccc3)c2cn1. The maximum atomic E-state index is 14.6. The zero-order chi connectivity index (χ0) is 20.0. The van der Waals surface area contributed by atoms with Crippen molar-refractivity contribution in [3.8, 4) is 16.9 Å². The van der Waals surface area contributed by atoms with E-state index in [1.165, 1.54) is 6.07 Å². The second kappa shape index (κ2) is 6.81. The zero-order valence-corrected chi connectivity index (χ0v) is 15.9. The molecule has 1 aliphatic rings. The highest BCUT2D eigenvalue weighted by molar-refractivity contribution is 5.96. The first kappa shape index (κ1) is 17.6. The van der Waals surface area contributed by atoms with Gasteiger partial charge in [0.05, 0.1) is 29.3 Å². The lowest BCUT2D eigenvalue weighted by Crippen LogP contribution is -2.25. The molecule has 5 rings (SSSR count). The number of halogens is 1. The lowest BCUT2D eigenvalue weighted by molar-refractivity contribution is 0.0950. The van der Waals surface area contributed by atoms with Crippen molar-refractivity contribution in [2.75, 3.05) is 0 Å². The Balaban J connectivity index is 1.56. The van der Waals surface area contributed by atoms with E-state index in [0.717, 1.165) is 29.4 Å². The molecule has 2 heterocycles. The molecule has 6 heteroatoms. The predicted molar refractivity (Wildman–Crippen MR) is 109 cm³/mol. The summed E-state index contributed by atoms with van der Waals surface area (Å²) in [6.07, 6.45) is 5.47. The number of fused-ring (bicyclic) bond motifs is 1. The van der Waals surface area contributed by atoms with Gasteiger partial charge >= 0.3 is 0 Å². The van der Waals surface area contributed by atoms with Crippen molar-refractivity contribution in [2.24, 2.45) is 0 Å². The van der Waals surface area contributed by atoms with Crippen LogP contribution in [0.3, 0.4) is 0 Å². The number of carbonyl (C=O) groups is 1. The fourth-order valence-corrected chi connectivity index (χ4v) is 3.42. The molecule has 1 saturated carbocycles. The summed E-state index contributed by atoms with van der Waals surface area (Å²) in [5.74, 6) is -0.657. The lowest BCUT2D eigenvalue weighted by Gasteiger charge is -2.11. The second-order valence-corrected chi connectivity index (χ2v) is 7.40. The van der Waals surface area contributed by atoms with Crippen LogP contribution >= 0.6 is 0 Å². The molecule has 0 atom stereocenters. The van der Waals surface area contributed by atoms with Crippen LogP contribution in [0.15, 0.2) is 60.9 Å². The molecule has 0 unspecified atom stereocenters. The highest BCUT2D eigenvalue weighted by Crippen LogP contribution is 2.29. The van der Waals surface area contributed by atoms with Crippen molar-refractivity contribution in [3.63, 3.8) is 0 Å². The molecule has 29 heavy (non-hydrogen) atoms. The zero-order valence-electron chi connectivity index (χ0n) is 15.9. The van der Waals surface area contributed by atoms with Crippen molar-refractivity contribution in [1.29, 1.82) is 0 Å². The molecule has 0 saturated heterocycles. The maximum Gasteiger partial charge on any atom is 0.251 e. The Hall–Kier alpha value is -3.54. The van der Waals surface area contributed by atoms with Crippen LogP contribution in [0.5, 0.6) is 0 Å². The van der Waals surface area contributed by atoms with E-state index in [1.54, 1.807) is 25.4 Å². The third-order valence-corrected chi connectivity index (χ3v) is 5.25. The number of pyridine rings is 1. The van der Waals surface area contributed by atoms with Gasteiger partial charge in [0.1, 0.15) is 5.82 Å². The summed E-state index contributed by atoms with van der Waals surface area (Å²) in [6, 6.07) is 14.9. The van der Waals surface area contributed by atoms with Gasteiger partial charge < -0.3 is 5.32 Å². The van der Waals surface area contributed by atoms with E-state index < -0.39 is 5.82 Å². The van der Waals surface area contributed by atoms with Crippen molar-refractivity contribution >= 4 is 16.8 Å². The van der Waals surface area contributed by atoms with Crippen molar-refractivity contribution in [2.45, 2.75) is 25.8 Å². The number of benzene rings is 2. The van der Waals surface area contributed by atoms with Crippen LogP contribution in [-0.2, 0) is 0 Å². The summed E-state index contributed by atoms with van der Waals surface area (Å²) in [5.41, 5.74) is 3.81. The molecule has 2 aromatic heterocycles. The molecule has 0 bridgehead atoms. The number of nitrogens with one attached hydrogen (secondary N) is 1. The Bertz CT molecular complexity index is 1230. The van der Waals surface area contributed by atoms with E-state index in [4.69, 9.17) is 0 Å². The number of carbonyl (C=O) groups excluding carboxylic acids is 1. The maximum absolute atomic E-state index is 14.6. The fraction of sp³-hybridized carbons (Fsp3) is 0.174. The van der Waals surface area contributed by atoms with Crippen molar-refractivity contribution < 1.29 is 9.18 Å². The molecule has 4 aromatic rings. The van der Waals surface area contributed by atoms with Crippen LogP contribution in [0.4, 0.5) is 4.39 Å². The molecule has 1 fully saturated rings. The molecule has 0 radical (unpaired) electrons. The molecular formula is C23H19FN4O. The van der Waals surface area contributed by atoms with Gasteiger partial charge in [-0.2, -0.15) is 5.10 Å². The van der Waals surface area contributed by atoms with Crippen molar-refractivity contribution in [3.05, 3.63) is 77.9 Å². The van der Waals surface area contributed by atoms with Crippen LogP contribution < -0.4 is 5.32 Å². The van der Waals surface area contributed by atoms with E-state index in [1.807, 2.05) is 41.1 Å². The van der Waals surface area contributed by atoms with Crippen LogP contribution in [0.25, 0.3) is 27.8 Å². The normalized spacial score (nSPS) is 13.6. The fourth-order valence-electron chi connectivity index (χ4n) is 3.42. The molecular weight excluding hydrogens is 367 g/mol. The third kappa shape index (κ3) is 3.27. The summed E-state index contributed by atoms with van der Waals surface area (Å²) in [6.45, 7) is 1.70. The Labute approximate surface area is 167 Å². The summed E-state index contributed by atoms with van der Waals surface area (Å²) < 4.78 is 16.4. The number of aromatic nitrogens is 3. The van der Waals surface area contributed by atoms with Gasteiger partial charge in [-0.15, -0.1) is 0 Å². The Morgan fingerprint density at radius 3 is 2.69 bits per heavy atom. The Morgan fingerprint density at radius 2 is 1.93 bits per heavy atom. The molecule has 2 aromatic carbocycles. The molecule has 1 N–H and O–H groups in total. The van der Waals surface area contributed by atoms with Crippen LogP contribution in [0.2, 0.25) is 0 Å². The molecule has 0 spiro atoms. The van der Waals surface area contributed by atoms with Crippen LogP contribution in [0, 0.1) is 12.7 Å². The average Bonchev–Trinajstić information content (AvgIpc) is 3.45. The third-order valence-electron chi connectivity index (χ3n) is 5.25. The van der Waals surface area contributed by atoms with Gasteiger partial charge in [0.15, 0.2) is 0 Å². The molecule has 0 aliphatic heterocycles.